The highest BCUT2D eigenvalue weighted by Gasteiger charge is 2.14. The molecule has 22 heavy (non-hydrogen) atoms. The molecule has 0 saturated heterocycles. The number of carboxylic acids is 1. The summed E-state index contributed by atoms with van der Waals surface area (Å²) in [6.07, 6.45) is 1.55. The fourth-order valence-electron chi connectivity index (χ4n) is 2.15. The summed E-state index contributed by atoms with van der Waals surface area (Å²) < 4.78 is 1.72. The van der Waals surface area contributed by atoms with Crippen LogP contribution in [-0.2, 0) is 0 Å². The molecule has 0 aliphatic rings. The normalized spacial score (nSPS) is 10.4. The van der Waals surface area contributed by atoms with Gasteiger partial charge in [-0.25, -0.2) is 14.5 Å². The molecule has 3 aromatic rings. The highest BCUT2D eigenvalue weighted by atomic mass is 16.4. The highest BCUT2D eigenvalue weighted by Crippen LogP contribution is 2.22. The van der Waals surface area contributed by atoms with Crippen molar-refractivity contribution in [2.75, 3.05) is 5.32 Å². The molecule has 110 valence electrons. The van der Waals surface area contributed by atoms with Crippen molar-refractivity contribution in [1.29, 1.82) is 0 Å². The maximum Gasteiger partial charge on any atom is 0.339 e. The standard InChI is InChI=1S/C16H14N4O2/c1-11-10-14(20(19-11)12-6-3-2-4-7-12)18-15-13(16(21)22)8-5-9-17-15/h2-10H,1H3,(H,17,18)(H,21,22). The number of nitrogens with zero attached hydrogens (tertiary/aromatic N) is 3. The Bertz CT molecular complexity index is 812. The lowest BCUT2D eigenvalue weighted by molar-refractivity contribution is 0.0697. The fraction of sp³-hybridized carbons (Fsp3) is 0.0625. The SMILES string of the molecule is Cc1cc(Nc2ncccc2C(=O)O)n(-c2ccccc2)n1. The van der Waals surface area contributed by atoms with Crippen LogP contribution >= 0.6 is 0 Å². The number of rotatable bonds is 4. The topological polar surface area (TPSA) is 80.0 Å². The van der Waals surface area contributed by atoms with Crippen molar-refractivity contribution in [1.82, 2.24) is 14.8 Å². The van der Waals surface area contributed by atoms with Gasteiger partial charge in [-0.05, 0) is 31.2 Å². The lowest BCUT2D eigenvalue weighted by Crippen LogP contribution is -2.07. The van der Waals surface area contributed by atoms with Crippen molar-refractivity contribution in [2.24, 2.45) is 0 Å². The molecular formula is C16H14N4O2. The van der Waals surface area contributed by atoms with Crippen molar-refractivity contribution in [3.8, 4) is 5.69 Å². The molecule has 0 amide bonds. The van der Waals surface area contributed by atoms with Gasteiger partial charge in [0.05, 0.1) is 11.4 Å². The molecule has 3 rings (SSSR count). The Balaban J connectivity index is 2.03. The first-order chi connectivity index (χ1) is 10.6. The van der Waals surface area contributed by atoms with Crippen LogP contribution in [0.2, 0.25) is 0 Å². The summed E-state index contributed by atoms with van der Waals surface area (Å²) in [5.74, 6) is -0.0879. The Labute approximate surface area is 127 Å². The lowest BCUT2D eigenvalue weighted by Gasteiger charge is -2.10. The zero-order valence-corrected chi connectivity index (χ0v) is 11.9. The highest BCUT2D eigenvalue weighted by molar-refractivity contribution is 5.93. The van der Waals surface area contributed by atoms with E-state index in [0.717, 1.165) is 11.4 Å². The van der Waals surface area contributed by atoms with Crippen LogP contribution in [0.1, 0.15) is 16.1 Å². The molecule has 2 heterocycles. The number of hydrogen-bond acceptors (Lipinski definition) is 4. The number of benzene rings is 1. The number of carboxylic acid groups (broad SMARTS) is 1. The molecule has 0 aliphatic carbocycles. The second-order valence-electron chi connectivity index (χ2n) is 4.75. The minimum absolute atomic E-state index is 0.112. The Morgan fingerprint density at radius 2 is 1.95 bits per heavy atom. The van der Waals surface area contributed by atoms with E-state index in [0.29, 0.717) is 5.82 Å². The summed E-state index contributed by atoms with van der Waals surface area (Å²) in [7, 11) is 0. The number of nitrogens with one attached hydrogen (secondary N) is 1. The molecule has 0 fully saturated rings. The number of carbonyl (C=O) groups is 1. The van der Waals surface area contributed by atoms with E-state index < -0.39 is 5.97 Å². The number of hydrogen-bond donors (Lipinski definition) is 2. The summed E-state index contributed by atoms with van der Waals surface area (Å²) in [5.41, 5.74) is 1.81. The van der Waals surface area contributed by atoms with Crippen LogP contribution < -0.4 is 5.32 Å². The number of aromatic nitrogens is 3. The first-order valence-corrected chi connectivity index (χ1v) is 6.72. The quantitative estimate of drug-likeness (QED) is 0.773. The fourth-order valence-corrected chi connectivity index (χ4v) is 2.15. The molecule has 0 bridgehead atoms. The van der Waals surface area contributed by atoms with Crippen LogP contribution in [-0.4, -0.2) is 25.8 Å². The molecule has 1 aromatic carbocycles. The van der Waals surface area contributed by atoms with Gasteiger partial charge in [0.25, 0.3) is 0 Å². The lowest BCUT2D eigenvalue weighted by atomic mass is 10.2. The van der Waals surface area contributed by atoms with Gasteiger partial charge in [-0.2, -0.15) is 5.10 Å². The summed E-state index contributed by atoms with van der Waals surface area (Å²) in [5, 5.41) is 16.7. The Hall–Kier alpha value is -3.15. The van der Waals surface area contributed by atoms with Crippen molar-refractivity contribution >= 4 is 17.6 Å². The third-order valence-electron chi connectivity index (χ3n) is 3.12. The summed E-state index contributed by atoms with van der Waals surface area (Å²) in [4.78, 5) is 15.4. The summed E-state index contributed by atoms with van der Waals surface area (Å²) >= 11 is 0. The third-order valence-corrected chi connectivity index (χ3v) is 3.12. The van der Waals surface area contributed by atoms with Crippen molar-refractivity contribution in [3.63, 3.8) is 0 Å². The number of pyridine rings is 1. The minimum Gasteiger partial charge on any atom is -0.478 e. The maximum atomic E-state index is 11.3. The van der Waals surface area contributed by atoms with E-state index in [9.17, 15) is 9.90 Å². The minimum atomic E-state index is -1.03. The maximum absolute atomic E-state index is 11.3. The molecule has 0 aliphatic heterocycles. The largest absolute Gasteiger partial charge is 0.478 e. The summed E-state index contributed by atoms with van der Waals surface area (Å²) in [6.45, 7) is 1.88. The van der Waals surface area contributed by atoms with E-state index in [1.165, 1.54) is 6.07 Å². The molecule has 0 unspecified atom stereocenters. The van der Waals surface area contributed by atoms with E-state index in [1.54, 1.807) is 16.9 Å². The summed E-state index contributed by atoms with van der Waals surface area (Å²) in [6, 6.07) is 14.5. The van der Waals surface area contributed by atoms with Gasteiger partial charge in [-0.15, -0.1) is 0 Å². The van der Waals surface area contributed by atoms with Crippen LogP contribution in [0.5, 0.6) is 0 Å². The van der Waals surface area contributed by atoms with Crippen molar-refractivity contribution in [2.45, 2.75) is 6.92 Å². The monoisotopic (exact) mass is 294 g/mol. The van der Waals surface area contributed by atoms with Gasteiger partial charge in [0.2, 0.25) is 0 Å². The predicted octanol–water partition coefficient (Wildman–Crippen LogP) is 3.02. The van der Waals surface area contributed by atoms with Gasteiger partial charge in [0.15, 0.2) is 0 Å². The molecule has 2 N–H and O–H groups in total. The molecule has 0 radical (unpaired) electrons. The molecule has 6 nitrogen and oxygen atoms in total. The van der Waals surface area contributed by atoms with Gasteiger partial charge in [0, 0.05) is 12.3 Å². The van der Waals surface area contributed by atoms with Gasteiger partial charge >= 0.3 is 5.97 Å². The predicted molar refractivity (Wildman–Crippen MR) is 82.8 cm³/mol. The third kappa shape index (κ3) is 2.67. The number of anilines is 2. The Kier molecular flexibility index (Phi) is 3.57. The second-order valence-corrected chi connectivity index (χ2v) is 4.75. The first-order valence-electron chi connectivity index (χ1n) is 6.72. The van der Waals surface area contributed by atoms with E-state index >= 15 is 0 Å². The van der Waals surface area contributed by atoms with Gasteiger partial charge < -0.3 is 10.4 Å². The average molecular weight is 294 g/mol. The average Bonchev–Trinajstić information content (AvgIpc) is 2.89. The first kappa shape index (κ1) is 13.8. The van der Waals surface area contributed by atoms with Gasteiger partial charge in [-0.1, -0.05) is 18.2 Å². The molecule has 2 aromatic heterocycles. The number of aryl methyl sites for hydroxylation is 1. The zero-order valence-electron chi connectivity index (χ0n) is 11.9. The molecule has 0 atom stereocenters. The van der Waals surface area contributed by atoms with Crippen LogP contribution in [0, 0.1) is 6.92 Å². The van der Waals surface area contributed by atoms with Crippen LogP contribution in [0.4, 0.5) is 11.6 Å². The Morgan fingerprint density at radius 1 is 1.18 bits per heavy atom. The zero-order chi connectivity index (χ0) is 15.5. The van der Waals surface area contributed by atoms with E-state index in [-0.39, 0.29) is 11.4 Å². The van der Waals surface area contributed by atoms with Gasteiger partial charge in [-0.3, -0.25) is 0 Å². The smallest absolute Gasteiger partial charge is 0.339 e. The molecule has 6 heteroatoms. The Morgan fingerprint density at radius 3 is 2.68 bits per heavy atom. The van der Waals surface area contributed by atoms with Crippen molar-refractivity contribution < 1.29 is 9.90 Å². The van der Waals surface area contributed by atoms with E-state index in [2.05, 4.69) is 15.4 Å². The number of para-hydroxylation sites is 1. The van der Waals surface area contributed by atoms with E-state index in [1.807, 2.05) is 43.3 Å². The van der Waals surface area contributed by atoms with Crippen molar-refractivity contribution in [3.05, 3.63) is 66.0 Å². The van der Waals surface area contributed by atoms with Gasteiger partial charge in [0.1, 0.15) is 17.2 Å². The van der Waals surface area contributed by atoms with Crippen LogP contribution in [0.15, 0.2) is 54.7 Å². The van der Waals surface area contributed by atoms with E-state index in [4.69, 9.17) is 0 Å². The molecule has 0 spiro atoms. The molecule has 0 saturated carbocycles. The van der Waals surface area contributed by atoms with Crippen LogP contribution in [0.3, 0.4) is 0 Å². The van der Waals surface area contributed by atoms with Crippen LogP contribution in [0.25, 0.3) is 5.69 Å². The second kappa shape index (κ2) is 5.69. The molecular weight excluding hydrogens is 280 g/mol. The number of aromatic carboxylic acids is 1.